The largest absolute Gasteiger partial charge is 0.387 e. The van der Waals surface area contributed by atoms with Crippen molar-refractivity contribution in [2.75, 3.05) is 19.6 Å². The summed E-state index contributed by atoms with van der Waals surface area (Å²) in [6, 6.07) is 0. The molecule has 0 spiro atoms. The highest BCUT2D eigenvalue weighted by atomic mass is 35.6. The lowest BCUT2D eigenvalue weighted by molar-refractivity contribution is 0.176. The number of aliphatic hydroxyl groups is 1. The lowest BCUT2D eigenvalue weighted by Gasteiger charge is -2.18. The zero-order valence-corrected chi connectivity index (χ0v) is 8.12. The minimum Gasteiger partial charge on any atom is -0.387 e. The lowest BCUT2D eigenvalue weighted by Crippen LogP contribution is -2.38. The van der Waals surface area contributed by atoms with Crippen LogP contribution in [0.1, 0.15) is 0 Å². The number of nitrogens with two attached hydrogens (primary N) is 1. The fourth-order valence-corrected chi connectivity index (χ4v) is 0.688. The average Bonchev–Trinajstić information content (AvgIpc) is 1.86. The summed E-state index contributed by atoms with van der Waals surface area (Å²) in [6.07, 6.45) is -1.00. The topological polar surface area (TPSA) is 58.3 Å². The van der Waals surface area contributed by atoms with E-state index in [1.54, 1.807) is 0 Å². The van der Waals surface area contributed by atoms with Gasteiger partial charge >= 0.3 is 0 Å². The molecule has 0 aliphatic heterocycles. The molecule has 3 nitrogen and oxygen atoms in total. The molecule has 0 saturated carbocycles. The van der Waals surface area contributed by atoms with E-state index in [1.807, 2.05) is 0 Å². The monoisotopic (exact) mass is 220 g/mol. The maximum absolute atomic E-state index is 9.11. The third-order valence-electron chi connectivity index (χ3n) is 1.04. The molecule has 0 heterocycles. The van der Waals surface area contributed by atoms with E-state index in [2.05, 4.69) is 5.32 Å². The Hall–Kier alpha value is 0.750. The van der Waals surface area contributed by atoms with E-state index in [9.17, 15) is 0 Å². The molecule has 68 valence electrons. The molecule has 0 aromatic heterocycles. The van der Waals surface area contributed by atoms with Gasteiger partial charge in [-0.2, -0.15) is 0 Å². The predicted octanol–water partition coefficient (Wildman–Crippen LogP) is 0.266. The molecule has 0 bridgehead atoms. The number of rotatable bonds is 4. The van der Waals surface area contributed by atoms with Crippen LogP contribution < -0.4 is 11.1 Å². The first kappa shape index (κ1) is 11.8. The maximum Gasteiger partial charge on any atom is 0.217 e. The van der Waals surface area contributed by atoms with Crippen molar-refractivity contribution in [1.29, 1.82) is 0 Å². The molecule has 1 atom stereocenters. The number of aliphatic hydroxyl groups excluding tert-OH is 1. The van der Waals surface area contributed by atoms with Crippen LogP contribution in [0, 0.1) is 0 Å². The molecule has 0 aliphatic rings. The molecular formula is C5H11Cl3N2O. The quantitative estimate of drug-likeness (QED) is 0.472. The van der Waals surface area contributed by atoms with Crippen LogP contribution in [-0.2, 0) is 0 Å². The van der Waals surface area contributed by atoms with Crippen molar-refractivity contribution in [2.24, 2.45) is 5.73 Å². The number of halogens is 3. The predicted molar refractivity (Wildman–Crippen MR) is 48.2 cm³/mol. The fraction of sp³-hybridized carbons (Fsp3) is 1.00. The van der Waals surface area contributed by atoms with Crippen molar-refractivity contribution in [3.05, 3.63) is 0 Å². The molecule has 6 heteroatoms. The normalized spacial score (nSPS) is 15.0. The van der Waals surface area contributed by atoms with Gasteiger partial charge in [0.2, 0.25) is 3.79 Å². The van der Waals surface area contributed by atoms with Gasteiger partial charge in [-0.15, -0.1) is 0 Å². The van der Waals surface area contributed by atoms with Crippen LogP contribution in [0.2, 0.25) is 0 Å². The van der Waals surface area contributed by atoms with Crippen LogP contribution in [0.25, 0.3) is 0 Å². The highest BCUT2D eigenvalue weighted by molar-refractivity contribution is 6.68. The zero-order chi connectivity index (χ0) is 8.91. The first-order valence-electron chi connectivity index (χ1n) is 3.14. The van der Waals surface area contributed by atoms with Gasteiger partial charge < -0.3 is 16.2 Å². The molecule has 0 aliphatic carbocycles. The minimum absolute atomic E-state index is 0.230. The second kappa shape index (κ2) is 5.41. The second-order valence-electron chi connectivity index (χ2n) is 2.05. The van der Waals surface area contributed by atoms with Gasteiger partial charge in [0.25, 0.3) is 0 Å². The second-order valence-corrected chi connectivity index (χ2v) is 4.42. The molecule has 11 heavy (non-hydrogen) atoms. The minimum atomic E-state index is -1.62. The summed E-state index contributed by atoms with van der Waals surface area (Å²) < 4.78 is -1.62. The molecule has 4 N–H and O–H groups in total. The molecular weight excluding hydrogens is 210 g/mol. The fourth-order valence-electron chi connectivity index (χ4n) is 0.457. The van der Waals surface area contributed by atoms with Crippen LogP contribution in [0.4, 0.5) is 0 Å². The Bertz CT molecular complexity index is 106. The number of alkyl halides is 3. The Morgan fingerprint density at radius 3 is 2.36 bits per heavy atom. The van der Waals surface area contributed by atoms with E-state index in [-0.39, 0.29) is 6.54 Å². The highest BCUT2D eigenvalue weighted by Crippen LogP contribution is 2.29. The van der Waals surface area contributed by atoms with Gasteiger partial charge in [0.05, 0.1) is 0 Å². The van der Waals surface area contributed by atoms with Crippen molar-refractivity contribution < 1.29 is 5.11 Å². The highest BCUT2D eigenvalue weighted by Gasteiger charge is 2.29. The molecule has 1 unspecified atom stereocenters. The van der Waals surface area contributed by atoms with Crippen molar-refractivity contribution in [3.8, 4) is 0 Å². The zero-order valence-electron chi connectivity index (χ0n) is 5.86. The van der Waals surface area contributed by atoms with Gasteiger partial charge in [0, 0.05) is 19.6 Å². The van der Waals surface area contributed by atoms with Crippen LogP contribution in [0.3, 0.4) is 0 Å². The van der Waals surface area contributed by atoms with E-state index in [0.717, 1.165) is 0 Å². The van der Waals surface area contributed by atoms with Gasteiger partial charge in [0.15, 0.2) is 0 Å². The first-order chi connectivity index (χ1) is 4.98. The van der Waals surface area contributed by atoms with Crippen molar-refractivity contribution in [1.82, 2.24) is 5.32 Å². The standard InChI is InChI=1S/C5H11Cl3N2O/c6-5(7,8)4(11)3-10-2-1-9/h4,10-11H,1-3,9H2. The summed E-state index contributed by atoms with van der Waals surface area (Å²) in [5.41, 5.74) is 5.18. The molecule has 0 radical (unpaired) electrons. The van der Waals surface area contributed by atoms with Gasteiger partial charge in [0.1, 0.15) is 6.10 Å². The summed E-state index contributed by atoms with van der Waals surface area (Å²) >= 11 is 16.1. The Morgan fingerprint density at radius 2 is 2.00 bits per heavy atom. The van der Waals surface area contributed by atoms with Crippen LogP contribution in [0.15, 0.2) is 0 Å². The van der Waals surface area contributed by atoms with E-state index >= 15 is 0 Å². The Labute approximate surface area is 80.8 Å². The SMILES string of the molecule is NCCNCC(O)C(Cl)(Cl)Cl. The van der Waals surface area contributed by atoms with E-state index in [0.29, 0.717) is 13.1 Å². The Balaban J connectivity index is 3.44. The third kappa shape index (κ3) is 5.96. The van der Waals surface area contributed by atoms with Crippen molar-refractivity contribution >= 4 is 34.8 Å². The lowest BCUT2D eigenvalue weighted by atomic mass is 10.4. The number of nitrogens with one attached hydrogen (secondary N) is 1. The number of hydrogen-bond acceptors (Lipinski definition) is 3. The smallest absolute Gasteiger partial charge is 0.217 e. The Kier molecular flexibility index (Phi) is 5.77. The summed E-state index contributed by atoms with van der Waals surface area (Å²) in [5.74, 6) is 0. The molecule has 0 aromatic carbocycles. The van der Waals surface area contributed by atoms with Gasteiger partial charge in [-0.25, -0.2) is 0 Å². The molecule has 0 rings (SSSR count). The van der Waals surface area contributed by atoms with Crippen LogP contribution >= 0.6 is 34.8 Å². The van der Waals surface area contributed by atoms with Crippen LogP contribution in [0.5, 0.6) is 0 Å². The summed E-state index contributed by atoms with van der Waals surface area (Å²) in [7, 11) is 0. The van der Waals surface area contributed by atoms with Gasteiger partial charge in [-0.1, -0.05) is 34.8 Å². The first-order valence-corrected chi connectivity index (χ1v) is 4.27. The summed E-state index contributed by atoms with van der Waals surface area (Å²) in [5, 5.41) is 11.9. The van der Waals surface area contributed by atoms with E-state index in [4.69, 9.17) is 45.6 Å². The molecule has 0 fully saturated rings. The van der Waals surface area contributed by atoms with E-state index in [1.165, 1.54) is 0 Å². The van der Waals surface area contributed by atoms with Crippen molar-refractivity contribution in [3.63, 3.8) is 0 Å². The number of hydrogen-bond donors (Lipinski definition) is 3. The molecule has 0 aromatic rings. The van der Waals surface area contributed by atoms with Crippen LogP contribution in [-0.4, -0.2) is 34.6 Å². The summed E-state index contributed by atoms with van der Waals surface area (Å²) in [6.45, 7) is 1.32. The molecule has 0 amide bonds. The van der Waals surface area contributed by atoms with Crippen molar-refractivity contribution in [2.45, 2.75) is 9.90 Å². The Morgan fingerprint density at radius 1 is 1.45 bits per heavy atom. The van der Waals surface area contributed by atoms with E-state index < -0.39 is 9.90 Å². The van der Waals surface area contributed by atoms with Gasteiger partial charge in [-0.05, 0) is 0 Å². The summed E-state index contributed by atoms with van der Waals surface area (Å²) in [4.78, 5) is 0. The van der Waals surface area contributed by atoms with Gasteiger partial charge in [-0.3, -0.25) is 0 Å². The third-order valence-corrected chi connectivity index (χ3v) is 1.79. The molecule has 0 saturated heterocycles. The average molecular weight is 222 g/mol. The maximum atomic E-state index is 9.11.